The van der Waals surface area contributed by atoms with Crippen molar-refractivity contribution < 1.29 is 17.9 Å². The van der Waals surface area contributed by atoms with Crippen LogP contribution in [0.15, 0.2) is 0 Å². The smallest absolute Gasteiger partial charge is 0.378 e. The van der Waals surface area contributed by atoms with Gasteiger partial charge in [0.2, 0.25) is 0 Å². The van der Waals surface area contributed by atoms with E-state index in [2.05, 4.69) is 5.32 Å². The van der Waals surface area contributed by atoms with E-state index in [4.69, 9.17) is 10.00 Å². The average Bonchev–Trinajstić information content (AvgIpc) is 2.14. The number of halogens is 3. The van der Waals surface area contributed by atoms with Crippen LogP contribution in [0.4, 0.5) is 13.2 Å². The highest BCUT2D eigenvalue weighted by molar-refractivity contribution is 5.09. The summed E-state index contributed by atoms with van der Waals surface area (Å²) in [5.41, 5.74) is -1.09. The second-order valence-corrected chi connectivity index (χ2v) is 3.80. The van der Waals surface area contributed by atoms with E-state index in [0.29, 0.717) is 19.4 Å². The fourth-order valence-electron chi connectivity index (χ4n) is 1.66. The molecule has 2 unspecified atom stereocenters. The molecular weight excluding hydrogens is 209 g/mol. The number of nitriles is 1. The van der Waals surface area contributed by atoms with Crippen LogP contribution in [0.25, 0.3) is 0 Å². The number of hydrogen-bond donors (Lipinski definition) is 1. The molecule has 1 fully saturated rings. The van der Waals surface area contributed by atoms with Crippen molar-refractivity contribution >= 4 is 0 Å². The summed E-state index contributed by atoms with van der Waals surface area (Å²) in [5, 5.41) is 11.2. The van der Waals surface area contributed by atoms with Gasteiger partial charge in [-0.2, -0.15) is 18.4 Å². The van der Waals surface area contributed by atoms with Crippen molar-refractivity contribution in [3.8, 4) is 6.07 Å². The fourth-order valence-corrected chi connectivity index (χ4v) is 1.66. The zero-order chi connectivity index (χ0) is 11.5. The predicted molar refractivity (Wildman–Crippen MR) is 47.0 cm³/mol. The lowest BCUT2D eigenvalue weighted by Crippen LogP contribution is -2.52. The molecule has 1 heterocycles. The Morgan fingerprint density at radius 1 is 1.60 bits per heavy atom. The van der Waals surface area contributed by atoms with Crippen molar-refractivity contribution in [2.75, 3.05) is 13.2 Å². The van der Waals surface area contributed by atoms with Gasteiger partial charge in [0.25, 0.3) is 0 Å². The Morgan fingerprint density at radius 3 is 2.73 bits per heavy atom. The minimum absolute atomic E-state index is 0.181. The van der Waals surface area contributed by atoms with Gasteiger partial charge in [-0.1, -0.05) is 0 Å². The van der Waals surface area contributed by atoms with Crippen LogP contribution in [-0.4, -0.2) is 31.0 Å². The van der Waals surface area contributed by atoms with E-state index in [1.807, 2.05) is 6.07 Å². The molecule has 0 aromatic heterocycles. The third kappa shape index (κ3) is 3.68. The summed E-state index contributed by atoms with van der Waals surface area (Å²) in [4.78, 5) is 0. The molecule has 1 aliphatic rings. The minimum atomic E-state index is -4.29. The average molecular weight is 222 g/mol. The molecule has 1 rings (SSSR count). The van der Waals surface area contributed by atoms with Gasteiger partial charge in [0.15, 0.2) is 0 Å². The second-order valence-electron chi connectivity index (χ2n) is 3.80. The van der Waals surface area contributed by atoms with Gasteiger partial charge in [-0.15, -0.1) is 0 Å². The standard InChI is InChI=1S/C9H13F3N2O/c1-7-4-8(5-13,2-3-15-7)14-6-9(10,11)12/h7,14H,2-4,6H2,1H3. The molecule has 1 saturated heterocycles. The molecule has 1 aliphatic heterocycles. The molecule has 0 bridgehead atoms. The molecule has 0 aromatic carbocycles. The summed E-state index contributed by atoms with van der Waals surface area (Å²) in [5.74, 6) is 0. The van der Waals surface area contributed by atoms with Crippen LogP contribution in [0.5, 0.6) is 0 Å². The highest BCUT2D eigenvalue weighted by Gasteiger charge is 2.39. The molecule has 86 valence electrons. The van der Waals surface area contributed by atoms with Gasteiger partial charge in [0.05, 0.1) is 18.7 Å². The Balaban J connectivity index is 2.57. The number of nitrogens with one attached hydrogen (secondary N) is 1. The summed E-state index contributed by atoms with van der Waals surface area (Å²) in [6.07, 6.45) is -3.88. The summed E-state index contributed by atoms with van der Waals surface area (Å²) in [7, 11) is 0. The van der Waals surface area contributed by atoms with Crippen molar-refractivity contribution in [1.29, 1.82) is 5.26 Å². The van der Waals surface area contributed by atoms with Crippen LogP contribution < -0.4 is 5.32 Å². The Bertz CT molecular complexity index is 261. The molecule has 0 aromatic rings. The summed E-state index contributed by atoms with van der Waals surface area (Å²) in [6.45, 7) is 0.938. The lowest BCUT2D eigenvalue weighted by atomic mass is 9.88. The van der Waals surface area contributed by atoms with E-state index in [-0.39, 0.29) is 6.10 Å². The molecule has 0 amide bonds. The summed E-state index contributed by atoms with van der Waals surface area (Å²) >= 11 is 0. The second kappa shape index (κ2) is 4.37. The maximum atomic E-state index is 12.0. The molecule has 3 nitrogen and oxygen atoms in total. The van der Waals surface area contributed by atoms with E-state index in [9.17, 15) is 13.2 Å². The molecule has 2 atom stereocenters. The van der Waals surface area contributed by atoms with E-state index in [0.717, 1.165) is 0 Å². The van der Waals surface area contributed by atoms with Crippen LogP contribution in [0, 0.1) is 11.3 Å². The zero-order valence-electron chi connectivity index (χ0n) is 8.40. The van der Waals surface area contributed by atoms with Crippen molar-refractivity contribution in [2.24, 2.45) is 0 Å². The first-order valence-electron chi connectivity index (χ1n) is 4.71. The van der Waals surface area contributed by atoms with Gasteiger partial charge in [0, 0.05) is 19.4 Å². The Morgan fingerprint density at radius 2 is 2.27 bits per heavy atom. The maximum absolute atomic E-state index is 12.0. The number of ether oxygens (including phenoxy) is 1. The third-order valence-electron chi connectivity index (χ3n) is 2.41. The van der Waals surface area contributed by atoms with E-state index < -0.39 is 18.3 Å². The van der Waals surface area contributed by atoms with Gasteiger partial charge in [-0.3, -0.25) is 5.32 Å². The Labute approximate surface area is 86.2 Å². The highest BCUT2D eigenvalue weighted by Crippen LogP contribution is 2.25. The molecule has 0 aliphatic carbocycles. The molecule has 6 heteroatoms. The van der Waals surface area contributed by atoms with Crippen LogP contribution >= 0.6 is 0 Å². The molecule has 0 spiro atoms. The van der Waals surface area contributed by atoms with Crippen molar-refractivity contribution in [2.45, 2.75) is 37.6 Å². The first-order chi connectivity index (χ1) is 6.87. The van der Waals surface area contributed by atoms with Crippen molar-refractivity contribution in [3.63, 3.8) is 0 Å². The number of hydrogen-bond acceptors (Lipinski definition) is 3. The maximum Gasteiger partial charge on any atom is 0.401 e. The van der Waals surface area contributed by atoms with Gasteiger partial charge in [0.1, 0.15) is 5.54 Å². The van der Waals surface area contributed by atoms with Crippen LogP contribution in [0.3, 0.4) is 0 Å². The van der Waals surface area contributed by atoms with Crippen LogP contribution in [0.1, 0.15) is 19.8 Å². The topological polar surface area (TPSA) is 45.0 Å². The predicted octanol–water partition coefficient (Wildman–Crippen LogP) is 1.60. The van der Waals surface area contributed by atoms with Gasteiger partial charge in [-0.05, 0) is 6.92 Å². The van der Waals surface area contributed by atoms with E-state index in [1.165, 1.54) is 0 Å². The number of nitrogens with zero attached hydrogens (tertiary/aromatic N) is 1. The highest BCUT2D eigenvalue weighted by atomic mass is 19.4. The Kier molecular flexibility index (Phi) is 3.58. The van der Waals surface area contributed by atoms with Crippen LogP contribution in [-0.2, 0) is 4.74 Å². The first-order valence-corrected chi connectivity index (χ1v) is 4.71. The van der Waals surface area contributed by atoms with Crippen molar-refractivity contribution in [3.05, 3.63) is 0 Å². The number of alkyl halides is 3. The SMILES string of the molecule is CC1CC(C#N)(NCC(F)(F)F)CCO1. The third-order valence-corrected chi connectivity index (χ3v) is 2.41. The Hall–Kier alpha value is -0.800. The summed E-state index contributed by atoms with van der Waals surface area (Å²) in [6, 6.07) is 1.93. The molecule has 1 N–H and O–H groups in total. The molecular formula is C9H13F3N2O. The van der Waals surface area contributed by atoms with E-state index in [1.54, 1.807) is 6.92 Å². The van der Waals surface area contributed by atoms with Gasteiger partial charge in [-0.25, -0.2) is 0 Å². The quantitative estimate of drug-likeness (QED) is 0.771. The largest absolute Gasteiger partial charge is 0.401 e. The molecule has 15 heavy (non-hydrogen) atoms. The normalized spacial score (nSPS) is 32.3. The van der Waals surface area contributed by atoms with E-state index >= 15 is 0 Å². The minimum Gasteiger partial charge on any atom is -0.378 e. The van der Waals surface area contributed by atoms with Crippen LogP contribution in [0.2, 0.25) is 0 Å². The molecule has 0 radical (unpaired) electrons. The lowest BCUT2D eigenvalue weighted by molar-refractivity contribution is -0.130. The van der Waals surface area contributed by atoms with Crippen molar-refractivity contribution in [1.82, 2.24) is 5.32 Å². The fraction of sp³-hybridized carbons (Fsp3) is 0.889. The number of rotatable bonds is 2. The summed E-state index contributed by atoms with van der Waals surface area (Å²) < 4.78 is 41.2. The first kappa shape index (κ1) is 12.3. The molecule has 0 saturated carbocycles. The van der Waals surface area contributed by atoms with Gasteiger partial charge >= 0.3 is 6.18 Å². The van der Waals surface area contributed by atoms with Gasteiger partial charge < -0.3 is 4.74 Å². The lowest BCUT2D eigenvalue weighted by Gasteiger charge is -2.35. The zero-order valence-corrected chi connectivity index (χ0v) is 8.40. The monoisotopic (exact) mass is 222 g/mol.